The molecule has 1 rings (SSSR count). The van der Waals surface area contributed by atoms with E-state index in [2.05, 4.69) is 0 Å². The Kier molecular flexibility index (Phi) is 3.45. The number of hydrogen-bond donors (Lipinski definition) is 2. The highest BCUT2D eigenvalue weighted by Gasteiger charge is 2.35. The highest BCUT2D eigenvalue weighted by Crippen LogP contribution is 2.38. The van der Waals surface area contributed by atoms with E-state index in [1.54, 1.807) is 0 Å². The molecule has 4 N–H and O–H groups in total. The minimum Gasteiger partial charge on any atom is -0.396 e. The van der Waals surface area contributed by atoms with Crippen molar-refractivity contribution >= 4 is 28.5 Å². The first-order valence-corrected chi connectivity index (χ1v) is 4.77. The van der Waals surface area contributed by atoms with Gasteiger partial charge in [0.2, 0.25) is 0 Å². The predicted molar refractivity (Wildman–Crippen MR) is 62.0 cm³/mol. The van der Waals surface area contributed by atoms with E-state index >= 15 is 0 Å². The zero-order valence-electron chi connectivity index (χ0n) is 9.30. The largest absolute Gasteiger partial charge is 0.396 e. The molecule has 0 atom stereocenters. The Balaban J connectivity index is 3.80. The molecule has 0 spiro atoms. The Hall–Kier alpha value is -2.71. The topological polar surface area (TPSA) is 155 Å². The molecule has 9 nitrogen and oxygen atoms in total. The number of nitro groups is 2. The molecule has 0 aliphatic rings. The van der Waals surface area contributed by atoms with Gasteiger partial charge in [0.05, 0.1) is 21.2 Å². The molecule has 9 heteroatoms. The zero-order chi connectivity index (χ0) is 14.0. The van der Waals surface area contributed by atoms with E-state index in [1.807, 2.05) is 6.07 Å². The second-order valence-electron chi connectivity index (χ2n) is 3.32. The molecule has 95 valence electrons. The number of nitrogens with two attached hydrogens (primary N) is 2. The average Bonchev–Trinajstić information content (AvgIpc) is 2.30. The number of Topliss-reactive ketones (excluding diaryl/α,β-unsaturated/α-hetero) is 1. The van der Waals surface area contributed by atoms with Crippen molar-refractivity contribution < 1.29 is 14.6 Å². The maximum atomic E-state index is 11.6. The van der Waals surface area contributed by atoms with Gasteiger partial charge in [0.1, 0.15) is 11.6 Å². The van der Waals surface area contributed by atoms with E-state index in [-0.39, 0.29) is 17.8 Å². The summed E-state index contributed by atoms with van der Waals surface area (Å²) in [5.74, 6) is -0.692. The first kappa shape index (κ1) is 13.4. The van der Waals surface area contributed by atoms with Gasteiger partial charge in [0, 0.05) is 6.42 Å². The van der Waals surface area contributed by atoms with E-state index in [1.165, 1.54) is 6.92 Å². The van der Waals surface area contributed by atoms with Gasteiger partial charge in [-0.2, -0.15) is 0 Å². The first-order chi connectivity index (χ1) is 8.31. The molecule has 0 heterocycles. The lowest BCUT2D eigenvalue weighted by molar-refractivity contribution is -0.422. The summed E-state index contributed by atoms with van der Waals surface area (Å²) in [6.45, 7) is 1.45. The van der Waals surface area contributed by atoms with Crippen LogP contribution in [0, 0.1) is 26.3 Å². The number of rotatable bonds is 4. The molecule has 0 bridgehead atoms. The van der Waals surface area contributed by atoms with Gasteiger partial charge in [-0.15, -0.1) is 0 Å². The molecular weight excluding hydrogens is 244 g/mol. The summed E-state index contributed by atoms with van der Waals surface area (Å²) in [6, 6.07) is 2.00. The fourth-order valence-corrected chi connectivity index (χ4v) is 1.40. The van der Waals surface area contributed by atoms with Gasteiger partial charge in [-0.05, 0) is 0 Å². The molecule has 0 amide bonds. The molecule has 0 aliphatic carbocycles. The maximum absolute atomic E-state index is 11.6. The fraction of sp³-hybridized carbons (Fsp3) is 0.222. The second-order valence-corrected chi connectivity index (χ2v) is 3.32. The average molecular weight is 253 g/mol. The van der Waals surface area contributed by atoms with Gasteiger partial charge in [-0.1, -0.05) is 6.92 Å². The Labute approximate surface area is 101 Å². The van der Waals surface area contributed by atoms with Crippen molar-refractivity contribution in [3.63, 3.8) is 0 Å². The van der Waals surface area contributed by atoms with Crippen LogP contribution in [0.4, 0.5) is 22.7 Å². The van der Waals surface area contributed by atoms with Crippen molar-refractivity contribution in [3.8, 4) is 0 Å². The third-order valence-corrected chi connectivity index (χ3v) is 2.24. The van der Waals surface area contributed by atoms with Gasteiger partial charge >= 0.3 is 11.4 Å². The molecule has 1 aromatic rings. The van der Waals surface area contributed by atoms with E-state index < -0.39 is 32.6 Å². The standard InChI is InChI=1S/C9H9N4O5/c1-2-6(14)7-8(11)4(10)3-5(12(15)16)9(7)13(17)18/h2,10-11H2,1H3. The van der Waals surface area contributed by atoms with Gasteiger partial charge in [-0.3, -0.25) is 25.0 Å². The van der Waals surface area contributed by atoms with E-state index in [0.717, 1.165) is 0 Å². The Morgan fingerprint density at radius 3 is 2.22 bits per heavy atom. The van der Waals surface area contributed by atoms with E-state index in [9.17, 15) is 25.0 Å². The van der Waals surface area contributed by atoms with Crippen LogP contribution in [0.2, 0.25) is 0 Å². The molecule has 0 saturated heterocycles. The summed E-state index contributed by atoms with van der Waals surface area (Å²) in [6.07, 6.45) is -0.0916. The number of nitrogen functional groups attached to an aromatic ring is 2. The van der Waals surface area contributed by atoms with Crippen molar-refractivity contribution in [2.45, 2.75) is 13.3 Å². The summed E-state index contributed by atoms with van der Waals surface area (Å²) in [4.78, 5) is 31.1. The van der Waals surface area contributed by atoms with Crippen LogP contribution in [0.25, 0.3) is 0 Å². The van der Waals surface area contributed by atoms with Crippen LogP contribution in [0.1, 0.15) is 23.7 Å². The van der Waals surface area contributed by atoms with Gasteiger partial charge in [-0.25, -0.2) is 0 Å². The lowest BCUT2D eigenvalue weighted by Crippen LogP contribution is -2.11. The summed E-state index contributed by atoms with van der Waals surface area (Å²) in [5.41, 5.74) is 7.63. The van der Waals surface area contributed by atoms with Gasteiger partial charge in [0.15, 0.2) is 5.78 Å². The zero-order valence-corrected chi connectivity index (χ0v) is 9.30. The van der Waals surface area contributed by atoms with E-state index in [4.69, 9.17) is 11.5 Å². The van der Waals surface area contributed by atoms with Crippen molar-refractivity contribution in [1.82, 2.24) is 0 Å². The number of hydrogen-bond acceptors (Lipinski definition) is 7. The highest BCUT2D eigenvalue weighted by molar-refractivity contribution is 6.08. The van der Waals surface area contributed by atoms with Crippen LogP contribution >= 0.6 is 0 Å². The van der Waals surface area contributed by atoms with Crippen LogP contribution in [-0.2, 0) is 0 Å². The maximum Gasteiger partial charge on any atom is 0.359 e. The number of nitrogens with zero attached hydrogens (tertiary/aromatic N) is 2. The van der Waals surface area contributed by atoms with Crippen molar-refractivity contribution in [3.05, 3.63) is 31.9 Å². The van der Waals surface area contributed by atoms with Crippen LogP contribution in [0.15, 0.2) is 0 Å². The summed E-state index contributed by atoms with van der Waals surface area (Å²) in [7, 11) is 0. The molecule has 0 aromatic heterocycles. The molecule has 0 aliphatic heterocycles. The lowest BCUT2D eigenvalue weighted by atomic mass is 10.0. The Morgan fingerprint density at radius 2 is 1.83 bits per heavy atom. The van der Waals surface area contributed by atoms with Crippen molar-refractivity contribution in [2.75, 3.05) is 11.5 Å². The number of nitro benzene ring substituents is 2. The molecule has 0 fully saturated rings. The number of carbonyl (C=O) groups is 1. The lowest BCUT2D eigenvalue weighted by Gasteiger charge is -2.07. The van der Waals surface area contributed by atoms with Gasteiger partial charge in [0.25, 0.3) is 0 Å². The molecule has 18 heavy (non-hydrogen) atoms. The molecular formula is C9H9N4O5. The normalized spacial score (nSPS) is 10.1. The monoisotopic (exact) mass is 253 g/mol. The minimum atomic E-state index is -1.03. The number of anilines is 2. The number of ketones is 1. The molecule has 0 saturated carbocycles. The summed E-state index contributed by atoms with van der Waals surface area (Å²) < 4.78 is 0. The van der Waals surface area contributed by atoms with Gasteiger partial charge < -0.3 is 11.5 Å². The fourth-order valence-electron chi connectivity index (χ4n) is 1.40. The van der Waals surface area contributed by atoms with Crippen LogP contribution in [-0.4, -0.2) is 15.6 Å². The SMILES string of the molecule is CCC(=O)c1c(N)c(N)[c]c([N+](=O)[O-])c1[N+](=O)[O-]. The smallest absolute Gasteiger partial charge is 0.359 e. The third-order valence-electron chi connectivity index (χ3n) is 2.24. The van der Waals surface area contributed by atoms with Crippen LogP contribution in [0.3, 0.4) is 0 Å². The van der Waals surface area contributed by atoms with Crippen LogP contribution in [0.5, 0.6) is 0 Å². The highest BCUT2D eigenvalue weighted by atomic mass is 16.6. The van der Waals surface area contributed by atoms with Crippen molar-refractivity contribution in [2.24, 2.45) is 0 Å². The molecule has 0 unspecified atom stereocenters. The number of benzene rings is 1. The van der Waals surface area contributed by atoms with Crippen molar-refractivity contribution in [1.29, 1.82) is 0 Å². The quantitative estimate of drug-likeness (QED) is 0.351. The van der Waals surface area contributed by atoms with Crippen LogP contribution < -0.4 is 11.5 Å². The van der Waals surface area contributed by atoms with E-state index in [0.29, 0.717) is 0 Å². The predicted octanol–water partition coefficient (Wildman–Crippen LogP) is 1.06. The summed E-state index contributed by atoms with van der Waals surface area (Å²) in [5, 5.41) is 21.6. The number of carbonyl (C=O) groups excluding carboxylic acids is 1. The Bertz CT molecular complexity index is 554. The first-order valence-electron chi connectivity index (χ1n) is 4.77. The molecule has 1 aromatic carbocycles. The third kappa shape index (κ3) is 2.05. The minimum absolute atomic E-state index is 0.0916. The second kappa shape index (κ2) is 4.65. The summed E-state index contributed by atoms with van der Waals surface area (Å²) >= 11 is 0. The Morgan fingerprint density at radius 1 is 1.28 bits per heavy atom. The molecule has 1 radical (unpaired) electrons.